The first-order valence-corrected chi connectivity index (χ1v) is 8.49. The molecule has 2 aromatic rings. The molecule has 120 valence electrons. The third kappa shape index (κ3) is 3.42. The average Bonchev–Trinajstić information content (AvgIpc) is 3.08. The summed E-state index contributed by atoms with van der Waals surface area (Å²) >= 11 is 1.51. The van der Waals surface area contributed by atoms with E-state index in [2.05, 4.69) is 4.98 Å². The number of rotatable bonds is 5. The van der Waals surface area contributed by atoms with Gasteiger partial charge in [0.15, 0.2) is 0 Å². The zero-order valence-corrected chi connectivity index (χ0v) is 13.4. The van der Waals surface area contributed by atoms with E-state index in [0.717, 1.165) is 10.4 Å². The van der Waals surface area contributed by atoms with Crippen molar-refractivity contribution < 1.29 is 14.7 Å². The van der Waals surface area contributed by atoms with Gasteiger partial charge in [0.2, 0.25) is 5.91 Å². The molecule has 3 rings (SSSR count). The van der Waals surface area contributed by atoms with E-state index >= 15 is 0 Å². The van der Waals surface area contributed by atoms with Crippen LogP contribution >= 0.6 is 11.3 Å². The van der Waals surface area contributed by atoms with E-state index in [1.165, 1.54) is 11.3 Å². The standard InChI is InChI=1S/C17H18N2O3S/c20-15-6-5-13(17(21)22)16(14-4-2-10-23-14)19(15)9-7-12-3-1-8-18-11-12/h1-4,8,10-11,13,16H,5-7,9H2,(H,21,22)/t13-,16-/m1/s1. The Balaban J connectivity index is 1.84. The number of piperidine rings is 1. The Labute approximate surface area is 138 Å². The van der Waals surface area contributed by atoms with Crippen LogP contribution in [-0.4, -0.2) is 33.4 Å². The van der Waals surface area contributed by atoms with Crippen LogP contribution in [0.25, 0.3) is 0 Å². The summed E-state index contributed by atoms with van der Waals surface area (Å²) in [6, 6.07) is 7.28. The van der Waals surface area contributed by atoms with Crippen LogP contribution in [0.15, 0.2) is 42.0 Å². The van der Waals surface area contributed by atoms with Gasteiger partial charge < -0.3 is 10.0 Å². The average molecular weight is 330 g/mol. The quantitative estimate of drug-likeness (QED) is 0.915. The Morgan fingerprint density at radius 1 is 1.39 bits per heavy atom. The Morgan fingerprint density at radius 2 is 2.26 bits per heavy atom. The zero-order valence-electron chi connectivity index (χ0n) is 12.6. The van der Waals surface area contributed by atoms with Gasteiger partial charge in [-0.15, -0.1) is 11.3 Å². The van der Waals surface area contributed by atoms with Gasteiger partial charge in [-0.1, -0.05) is 12.1 Å². The molecule has 6 heteroatoms. The first kappa shape index (κ1) is 15.7. The van der Waals surface area contributed by atoms with E-state index < -0.39 is 11.9 Å². The second-order valence-corrected chi connectivity index (χ2v) is 6.62. The number of hydrogen-bond acceptors (Lipinski definition) is 4. The number of nitrogens with zero attached hydrogens (tertiary/aromatic N) is 2. The lowest BCUT2D eigenvalue weighted by molar-refractivity contribution is -0.151. The molecule has 1 fully saturated rings. The molecule has 1 saturated heterocycles. The number of aliphatic carboxylic acids is 1. The molecule has 0 saturated carbocycles. The zero-order chi connectivity index (χ0) is 16.2. The summed E-state index contributed by atoms with van der Waals surface area (Å²) in [7, 11) is 0. The van der Waals surface area contributed by atoms with Crippen molar-refractivity contribution in [2.75, 3.05) is 6.54 Å². The number of carbonyl (C=O) groups is 2. The van der Waals surface area contributed by atoms with Crippen LogP contribution in [0.3, 0.4) is 0 Å². The van der Waals surface area contributed by atoms with Gasteiger partial charge >= 0.3 is 5.97 Å². The monoisotopic (exact) mass is 330 g/mol. The van der Waals surface area contributed by atoms with Crippen molar-refractivity contribution in [1.29, 1.82) is 0 Å². The normalized spacial score (nSPS) is 21.4. The summed E-state index contributed by atoms with van der Waals surface area (Å²) in [6.45, 7) is 0.511. The molecule has 2 aromatic heterocycles. The Hall–Kier alpha value is -2.21. The Morgan fingerprint density at radius 3 is 2.91 bits per heavy atom. The van der Waals surface area contributed by atoms with Gasteiger partial charge in [-0.3, -0.25) is 14.6 Å². The van der Waals surface area contributed by atoms with Crippen molar-refractivity contribution in [1.82, 2.24) is 9.88 Å². The summed E-state index contributed by atoms with van der Waals surface area (Å²) in [5.74, 6) is -1.34. The largest absolute Gasteiger partial charge is 0.481 e. The number of aromatic nitrogens is 1. The molecule has 5 nitrogen and oxygen atoms in total. The smallest absolute Gasteiger partial charge is 0.308 e. The highest BCUT2D eigenvalue weighted by Crippen LogP contribution is 2.38. The Kier molecular flexibility index (Phi) is 4.71. The van der Waals surface area contributed by atoms with Gasteiger partial charge in [-0.2, -0.15) is 0 Å². The van der Waals surface area contributed by atoms with Crippen molar-refractivity contribution in [3.8, 4) is 0 Å². The number of thiophene rings is 1. The van der Waals surface area contributed by atoms with E-state index in [1.54, 1.807) is 17.3 Å². The fraction of sp³-hybridized carbons (Fsp3) is 0.353. The highest BCUT2D eigenvalue weighted by Gasteiger charge is 2.40. The summed E-state index contributed by atoms with van der Waals surface area (Å²) in [6.07, 6.45) is 4.87. The molecule has 1 amide bonds. The minimum absolute atomic E-state index is 0.0322. The predicted molar refractivity (Wildman–Crippen MR) is 87.1 cm³/mol. The third-order valence-corrected chi connectivity index (χ3v) is 5.17. The fourth-order valence-electron chi connectivity index (χ4n) is 3.08. The lowest BCUT2D eigenvalue weighted by Gasteiger charge is -2.39. The first-order chi connectivity index (χ1) is 11.2. The number of carboxylic acids is 1. The van der Waals surface area contributed by atoms with E-state index in [-0.39, 0.29) is 11.9 Å². The summed E-state index contributed by atoms with van der Waals surface area (Å²) < 4.78 is 0. The number of carbonyl (C=O) groups excluding carboxylic acids is 1. The van der Waals surface area contributed by atoms with Crippen molar-refractivity contribution in [2.24, 2.45) is 5.92 Å². The maximum Gasteiger partial charge on any atom is 0.308 e. The fourth-order valence-corrected chi connectivity index (χ4v) is 3.98. The van der Waals surface area contributed by atoms with E-state index in [0.29, 0.717) is 25.8 Å². The van der Waals surface area contributed by atoms with Crippen molar-refractivity contribution in [3.63, 3.8) is 0 Å². The molecule has 2 atom stereocenters. The van der Waals surface area contributed by atoms with Crippen LogP contribution in [0.4, 0.5) is 0 Å². The topological polar surface area (TPSA) is 70.5 Å². The first-order valence-electron chi connectivity index (χ1n) is 7.61. The van der Waals surface area contributed by atoms with E-state index in [1.807, 2.05) is 29.6 Å². The lowest BCUT2D eigenvalue weighted by atomic mass is 9.87. The van der Waals surface area contributed by atoms with E-state index in [9.17, 15) is 14.7 Å². The molecule has 0 bridgehead atoms. The van der Waals surface area contributed by atoms with Gasteiger partial charge in [0.1, 0.15) is 0 Å². The number of carboxylic acid groups (broad SMARTS) is 1. The van der Waals surface area contributed by atoms with Crippen molar-refractivity contribution in [3.05, 3.63) is 52.5 Å². The maximum atomic E-state index is 12.4. The molecule has 0 aliphatic carbocycles. The molecular formula is C17H18N2O3S. The van der Waals surface area contributed by atoms with E-state index in [4.69, 9.17) is 0 Å². The number of pyridine rings is 1. The number of amides is 1. The minimum Gasteiger partial charge on any atom is -0.481 e. The molecule has 0 aromatic carbocycles. The van der Waals surface area contributed by atoms with Gasteiger partial charge in [-0.25, -0.2) is 0 Å². The molecule has 1 aliphatic rings. The lowest BCUT2D eigenvalue weighted by Crippen LogP contribution is -2.45. The highest BCUT2D eigenvalue weighted by atomic mass is 32.1. The van der Waals surface area contributed by atoms with Crippen LogP contribution in [0, 0.1) is 5.92 Å². The molecule has 0 spiro atoms. The van der Waals surface area contributed by atoms with Gasteiger partial charge in [0.25, 0.3) is 0 Å². The molecule has 1 N–H and O–H groups in total. The molecular weight excluding hydrogens is 312 g/mol. The molecule has 0 radical (unpaired) electrons. The van der Waals surface area contributed by atoms with Gasteiger partial charge in [0.05, 0.1) is 12.0 Å². The van der Waals surface area contributed by atoms with Crippen LogP contribution < -0.4 is 0 Å². The maximum absolute atomic E-state index is 12.4. The van der Waals surface area contributed by atoms with Crippen LogP contribution in [-0.2, 0) is 16.0 Å². The minimum atomic E-state index is -0.831. The number of hydrogen-bond donors (Lipinski definition) is 1. The van der Waals surface area contributed by atoms with Crippen LogP contribution in [0.1, 0.15) is 29.3 Å². The van der Waals surface area contributed by atoms with Gasteiger partial charge in [-0.05, 0) is 35.9 Å². The summed E-state index contributed by atoms with van der Waals surface area (Å²) in [5, 5.41) is 11.5. The molecule has 1 aliphatic heterocycles. The predicted octanol–water partition coefficient (Wildman–Crippen LogP) is 2.75. The van der Waals surface area contributed by atoms with Gasteiger partial charge in [0, 0.05) is 30.2 Å². The van der Waals surface area contributed by atoms with Crippen LogP contribution in [0.2, 0.25) is 0 Å². The third-order valence-electron chi connectivity index (χ3n) is 4.22. The molecule has 0 unspecified atom stereocenters. The second kappa shape index (κ2) is 6.91. The van der Waals surface area contributed by atoms with Crippen LogP contribution in [0.5, 0.6) is 0 Å². The van der Waals surface area contributed by atoms with Crippen molar-refractivity contribution >= 4 is 23.2 Å². The summed E-state index contributed by atoms with van der Waals surface area (Å²) in [5.41, 5.74) is 1.04. The Bertz CT molecular complexity index is 672. The van der Waals surface area contributed by atoms with Crippen molar-refractivity contribution in [2.45, 2.75) is 25.3 Å². The highest BCUT2D eigenvalue weighted by molar-refractivity contribution is 7.10. The summed E-state index contributed by atoms with van der Waals surface area (Å²) in [4.78, 5) is 30.8. The molecule has 3 heterocycles. The second-order valence-electron chi connectivity index (χ2n) is 5.64. The molecule has 23 heavy (non-hydrogen) atoms. The number of likely N-dealkylation sites (tertiary alicyclic amines) is 1. The SMILES string of the molecule is O=C(O)[C@@H]1CCC(=O)N(CCc2cccnc2)[C@H]1c1cccs1.